The van der Waals surface area contributed by atoms with E-state index in [1.54, 1.807) is 24.9 Å². The SMILES string of the molecule is CCCN1C(=O)/C(=C/c2c(C)c(C#N)c(=O)n(C)c2N2C[C@H](C)O[C@@H](C)C2)SC1=S. The Morgan fingerprint density at radius 3 is 2.50 bits per heavy atom. The zero-order valence-electron chi connectivity index (χ0n) is 17.9. The van der Waals surface area contributed by atoms with Gasteiger partial charge in [0.2, 0.25) is 0 Å². The van der Waals surface area contributed by atoms with Crippen LogP contribution >= 0.6 is 24.0 Å². The number of ether oxygens (including phenoxy) is 1. The van der Waals surface area contributed by atoms with Gasteiger partial charge in [0.1, 0.15) is 21.8 Å². The fourth-order valence-corrected chi connectivity index (χ4v) is 5.28. The van der Waals surface area contributed by atoms with Crippen LogP contribution in [-0.4, -0.2) is 51.5 Å². The van der Waals surface area contributed by atoms with Gasteiger partial charge >= 0.3 is 0 Å². The number of carbonyl (C=O) groups excluding carboxylic acids is 1. The molecule has 1 aromatic heterocycles. The van der Waals surface area contributed by atoms with E-state index in [1.807, 2.05) is 26.8 Å². The minimum Gasteiger partial charge on any atom is -0.372 e. The second kappa shape index (κ2) is 8.92. The van der Waals surface area contributed by atoms with Gasteiger partial charge < -0.3 is 9.64 Å². The highest BCUT2D eigenvalue weighted by molar-refractivity contribution is 8.26. The number of rotatable bonds is 4. The molecule has 3 heterocycles. The van der Waals surface area contributed by atoms with Gasteiger partial charge in [-0.25, -0.2) is 0 Å². The smallest absolute Gasteiger partial charge is 0.270 e. The summed E-state index contributed by atoms with van der Waals surface area (Å²) in [6, 6.07) is 2.03. The number of hydrogen-bond acceptors (Lipinski definition) is 7. The van der Waals surface area contributed by atoms with Crippen LogP contribution in [0.4, 0.5) is 5.82 Å². The normalized spacial score (nSPS) is 23.4. The number of amides is 1. The van der Waals surface area contributed by atoms with Gasteiger partial charge in [0.05, 0.1) is 17.1 Å². The topological polar surface area (TPSA) is 78.6 Å². The molecule has 1 aromatic rings. The van der Waals surface area contributed by atoms with Crippen molar-refractivity contribution in [2.45, 2.75) is 46.3 Å². The van der Waals surface area contributed by atoms with E-state index < -0.39 is 0 Å². The molecule has 30 heavy (non-hydrogen) atoms. The summed E-state index contributed by atoms with van der Waals surface area (Å²) in [7, 11) is 1.67. The molecule has 2 aliphatic rings. The fraction of sp³-hybridized carbons (Fsp3) is 0.524. The average Bonchev–Trinajstić information content (AvgIpc) is 2.93. The Morgan fingerprint density at radius 1 is 1.30 bits per heavy atom. The van der Waals surface area contributed by atoms with Crippen LogP contribution in [0.2, 0.25) is 0 Å². The van der Waals surface area contributed by atoms with Crippen molar-refractivity contribution in [3.63, 3.8) is 0 Å². The standard InChI is InChI=1S/C21H26N4O3S2/c1-6-7-25-20(27)17(30-21(25)29)8-15-14(4)16(9-22)19(26)23(5)18(15)24-10-12(2)28-13(3)11-24/h8,12-13H,6-7,10-11H2,1-5H3/b17-8-/t12-,13-/m0/s1. The van der Waals surface area contributed by atoms with Crippen molar-refractivity contribution in [3.05, 3.63) is 31.9 Å². The van der Waals surface area contributed by atoms with Gasteiger partial charge in [-0.05, 0) is 38.8 Å². The van der Waals surface area contributed by atoms with Gasteiger partial charge in [0.15, 0.2) is 0 Å². The summed E-state index contributed by atoms with van der Waals surface area (Å²) in [5, 5.41) is 9.58. The molecular weight excluding hydrogens is 420 g/mol. The van der Waals surface area contributed by atoms with E-state index in [4.69, 9.17) is 17.0 Å². The molecule has 9 heteroatoms. The van der Waals surface area contributed by atoms with E-state index in [0.29, 0.717) is 45.8 Å². The molecule has 7 nitrogen and oxygen atoms in total. The van der Waals surface area contributed by atoms with Crippen molar-refractivity contribution in [2.75, 3.05) is 24.5 Å². The lowest BCUT2D eigenvalue weighted by Crippen LogP contribution is -2.47. The molecule has 0 aliphatic carbocycles. The molecule has 2 atom stereocenters. The molecule has 0 unspecified atom stereocenters. The maximum absolute atomic E-state index is 12.9. The van der Waals surface area contributed by atoms with Crippen LogP contribution in [0.3, 0.4) is 0 Å². The van der Waals surface area contributed by atoms with Gasteiger partial charge in [-0.15, -0.1) is 0 Å². The number of thiocarbonyl (C=S) groups is 1. The summed E-state index contributed by atoms with van der Waals surface area (Å²) in [4.78, 5) is 30.0. The van der Waals surface area contributed by atoms with Gasteiger partial charge in [-0.2, -0.15) is 5.26 Å². The van der Waals surface area contributed by atoms with Crippen LogP contribution in [0.5, 0.6) is 0 Å². The minimum atomic E-state index is -0.340. The quantitative estimate of drug-likeness (QED) is 0.520. The molecule has 2 fully saturated rings. The molecule has 2 aliphatic heterocycles. The molecule has 0 N–H and O–H groups in total. The molecule has 0 spiro atoms. The first-order chi connectivity index (χ1) is 14.2. The van der Waals surface area contributed by atoms with Crippen molar-refractivity contribution < 1.29 is 9.53 Å². The number of morpholine rings is 1. The Kier molecular flexibility index (Phi) is 6.70. The Labute approximate surface area is 186 Å². The lowest BCUT2D eigenvalue weighted by Gasteiger charge is -2.38. The molecular formula is C21H26N4O3S2. The van der Waals surface area contributed by atoms with Crippen LogP contribution < -0.4 is 10.5 Å². The van der Waals surface area contributed by atoms with Crippen LogP contribution in [0.25, 0.3) is 6.08 Å². The number of anilines is 1. The van der Waals surface area contributed by atoms with Crippen LogP contribution in [0.1, 0.15) is 43.9 Å². The zero-order valence-corrected chi connectivity index (χ0v) is 19.5. The van der Waals surface area contributed by atoms with Gasteiger partial charge in [0, 0.05) is 32.2 Å². The highest BCUT2D eigenvalue weighted by Crippen LogP contribution is 2.36. The first-order valence-corrected chi connectivity index (χ1v) is 11.2. The molecule has 0 radical (unpaired) electrons. The number of carbonyl (C=O) groups is 1. The summed E-state index contributed by atoms with van der Waals surface area (Å²) in [6.45, 7) is 9.54. The first kappa shape index (κ1) is 22.5. The van der Waals surface area contributed by atoms with E-state index in [9.17, 15) is 14.9 Å². The molecule has 0 bridgehead atoms. The highest BCUT2D eigenvalue weighted by Gasteiger charge is 2.33. The van der Waals surface area contributed by atoms with Crippen LogP contribution in [-0.2, 0) is 16.6 Å². The van der Waals surface area contributed by atoms with Crippen molar-refractivity contribution >= 4 is 46.1 Å². The monoisotopic (exact) mass is 446 g/mol. The number of hydrogen-bond donors (Lipinski definition) is 0. The second-order valence-corrected chi connectivity index (χ2v) is 9.38. The third-order valence-corrected chi connectivity index (χ3v) is 6.66. The predicted octanol–water partition coefficient (Wildman–Crippen LogP) is 2.79. The summed E-state index contributed by atoms with van der Waals surface area (Å²) >= 11 is 6.65. The van der Waals surface area contributed by atoms with Crippen LogP contribution in [0, 0.1) is 18.3 Å². The predicted molar refractivity (Wildman–Crippen MR) is 124 cm³/mol. The lowest BCUT2D eigenvalue weighted by atomic mass is 10.0. The summed E-state index contributed by atoms with van der Waals surface area (Å²) < 4.78 is 7.89. The molecule has 2 saturated heterocycles. The fourth-order valence-electron chi connectivity index (χ4n) is 3.99. The average molecular weight is 447 g/mol. The number of pyridine rings is 1. The summed E-state index contributed by atoms with van der Waals surface area (Å²) in [5.41, 5.74) is 1.02. The van der Waals surface area contributed by atoms with E-state index in [2.05, 4.69) is 4.90 Å². The lowest BCUT2D eigenvalue weighted by molar-refractivity contribution is -0.122. The molecule has 160 valence electrons. The third-order valence-electron chi connectivity index (χ3n) is 5.28. The molecule has 1 amide bonds. The maximum atomic E-state index is 12.9. The summed E-state index contributed by atoms with van der Waals surface area (Å²) in [5.74, 6) is 0.563. The second-order valence-electron chi connectivity index (χ2n) is 7.71. The van der Waals surface area contributed by atoms with E-state index in [-0.39, 0.29) is 29.2 Å². The highest BCUT2D eigenvalue weighted by atomic mass is 32.2. The third kappa shape index (κ3) is 4.04. The van der Waals surface area contributed by atoms with Crippen molar-refractivity contribution in [1.29, 1.82) is 5.26 Å². The van der Waals surface area contributed by atoms with Gasteiger partial charge in [-0.1, -0.05) is 30.9 Å². The van der Waals surface area contributed by atoms with E-state index >= 15 is 0 Å². The number of thioether (sulfide) groups is 1. The van der Waals surface area contributed by atoms with E-state index in [0.717, 1.165) is 6.42 Å². The molecule has 0 aromatic carbocycles. The molecule has 3 rings (SSSR count). The number of nitrogens with zero attached hydrogens (tertiary/aromatic N) is 4. The van der Waals surface area contributed by atoms with Gasteiger partial charge in [-0.3, -0.25) is 19.1 Å². The summed E-state index contributed by atoms with van der Waals surface area (Å²) in [6.07, 6.45) is 2.59. The largest absolute Gasteiger partial charge is 0.372 e. The Hall–Kier alpha value is -2.15. The van der Waals surface area contributed by atoms with Crippen molar-refractivity contribution in [3.8, 4) is 6.07 Å². The maximum Gasteiger partial charge on any atom is 0.270 e. The van der Waals surface area contributed by atoms with E-state index in [1.165, 1.54) is 16.3 Å². The minimum absolute atomic E-state index is 0.00424. The van der Waals surface area contributed by atoms with Crippen molar-refractivity contribution in [2.24, 2.45) is 7.05 Å². The Bertz CT molecular complexity index is 1010. The number of aromatic nitrogens is 1. The Morgan fingerprint density at radius 2 is 1.93 bits per heavy atom. The van der Waals surface area contributed by atoms with Crippen molar-refractivity contribution in [1.82, 2.24) is 9.47 Å². The Balaban J connectivity index is 2.20. The zero-order chi connectivity index (χ0) is 22.2. The first-order valence-electron chi connectivity index (χ1n) is 9.99. The molecule has 0 saturated carbocycles. The number of nitriles is 1. The van der Waals surface area contributed by atoms with Crippen LogP contribution in [0.15, 0.2) is 9.70 Å². The van der Waals surface area contributed by atoms with Gasteiger partial charge in [0.25, 0.3) is 11.5 Å².